The zero-order chi connectivity index (χ0) is 18.2. The van der Waals surface area contributed by atoms with Crippen LogP contribution in [0.1, 0.15) is 35.7 Å². The zero-order valence-corrected chi connectivity index (χ0v) is 15.5. The predicted molar refractivity (Wildman–Crippen MR) is 102 cm³/mol. The van der Waals surface area contributed by atoms with Crippen LogP contribution >= 0.6 is 23.2 Å². The number of benzene rings is 2. The molecule has 132 valence electrons. The summed E-state index contributed by atoms with van der Waals surface area (Å²) in [6.07, 6.45) is 1.72. The predicted octanol–water partition coefficient (Wildman–Crippen LogP) is 4.70. The summed E-state index contributed by atoms with van der Waals surface area (Å²) in [5, 5.41) is 6.75. The maximum atomic E-state index is 12.1. The van der Waals surface area contributed by atoms with Crippen LogP contribution < -0.4 is 10.6 Å². The average Bonchev–Trinajstić information content (AvgIpc) is 2.59. The molecule has 2 amide bonds. The molecule has 2 aromatic rings. The number of hydrogen-bond acceptors (Lipinski definition) is 2. The summed E-state index contributed by atoms with van der Waals surface area (Å²) in [7, 11) is 0. The fourth-order valence-corrected chi connectivity index (χ4v) is 2.74. The summed E-state index contributed by atoms with van der Waals surface area (Å²) in [4.78, 5) is 23.9. The van der Waals surface area contributed by atoms with Gasteiger partial charge in [0.15, 0.2) is 0 Å². The van der Waals surface area contributed by atoms with Gasteiger partial charge in [-0.05, 0) is 54.8 Å². The van der Waals surface area contributed by atoms with E-state index in [2.05, 4.69) is 10.6 Å². The van der Waals surface area contributed by atoms with E-state index < -0.39 is 0 Å². The Bertz CT molecular complexity index is 746. The van der Waals surface area contributed by atoms with Gasteiger partial charge in [-0.15, -0.1) is 0 Å². The number of aryl methyl sites for hydroxylation is 1. The number of carbonyl (C=O) groups is 2. The van der Waals surface area contributed by atoms with Crippen LogP contribution in [0.2, 0.25) is 10.0 Å². The third-order valence-electron chi connectivity index (χ3n) is 3.60. The molecule has 0 fully saturated rings. The minimum Gasteiger partial charge on any atom is -0.352 e. The van der Waals surface area contributed by atoms with Crippen molar-refractivity contribution in [2.45, 2.75) is 26.2 Å². The van der Waals surface area contributed by atoms with Gasteiger partial charge in [-0.1, -0.05) is 36.2 Å². The van der Waals surface area contributed by atoms with Crippen molar-refractivity contribution >= 4 is 40.7 Å². The summed E-state index contributed by atoms with van der Waals surface area (Å²) >= 11 is 12.0. The number of halogens is 2. The second-order valence-electron chi connectivity index (χ2n) is 5.62. The molecule has 0 atom stereocenters. The quantitative estimate of drug-likeness (QED) is 0.732. The van der Waals surface area contributed by atoms with Gasteiger partial charge in [0.1, 0.15) is 0 Å². The molecular weight excluding hydrogens is 359 g/mol. The molecule has 0 heterocycles. The molecule has 0 aliphatic heterocycles. The van der Waals surface area contributed by atoms with E-state index in [9.17, 15) is 9.59 Å². The van der Waals surface area contributed by atoms with E-state index in [0.717, 1.165) is 12.0 Å². The van der Waals surface area contributed by atoms with Crippen molar-refractivity contribution < 1.29 is 9.59 Å². The lowest BCUT2D eigenvalue weighted by molar-refractivity contribution is -0.116. The van der Waals surface area contributed by atoms with E-state index in [4.69, 9.17) is 23.2 Å². The summed E-state index contributed by atoms with van der Waals surface area (Å²) in [6.45, 7) is 2.64. The summed E-state index contributed by atoms with van der Waals surface area (Å²) in [5.41, 5.74) is 2.10. The molecule has 6 heteroatoms. The fourth-order valence-electron chi connectivity index (χ4n) is 2.24. The Morgan fingerprint density at radius 3 is 2.40 bits per heavy atom. The standard InChI is InChI=1S/C19H20Cl2N2O2/c1-2-11-22-19(25)14-4-8-16(9-5-14)23-18(24)10-6-13-3-7-15(20)12-17(13)21/h3-5,7-9,12H,2,6,10-11H2,1H3,(H,22,25)(H,23,24). The molecule has 2 aromatic carbocycles. The first-order valence-corrected chi connectivity index (χ1v) is 8.87. The van der Waals surface area contributed by atoms with E-state index in [-0.39, 0.29) is 11.8 Å². The molecule has 0 aliphatic rings. The van der Waals surface area contributed by atoms with Crippen LogP contribution in [-0.4, -0.2) is 18.4 Å². The van der Waals surface area contributed by atoms with Crippen molar-refractivity contribution in [3.8, 4) is 0 Å². The van der Waals surface area contributed by atoms with Gasteiger partial charge in [-0.2, -0.15) is 0 Å². The highest BCUT2D eigenvalue weighted by Gasteiger charge is 2.08. The van der Waals surface area contributed by atoms with Gasteiger partial charge >= 0.3 is 0 Å². The maximum absolute atomic E-state index is 12.1. The molecule has 0 bridgehead atoms. The smallest absolute Gasteiger partial charge is 0.251 e. The van der Waals surface area contributed by atoms with Crippen molar-refractivity contribution in [3.05, 3.63) is 63.6 Å². The SMILES string of the molecule is CCCNC(=O)c1ccc(NC(=O)CCc2ccc(Cl)cc2Cl)cc1. The molecule has 25 heavy (non-hydrogen) atoms. The van der Waals surface area contributed by atoms with Crippen LogP contribution in [0.4, 0.5) is 5.69 Å². The zero-order valence-electron chi connectivity index (χ0n) is 13.9. The second kappa shape index (κ2) is 9.44. The molecule has 0 saturated heterocycles. The molecule has 2 rings (SSSR count). The van der Waals surface area contributed by atoms with E-state index in [1.54, 1.807) is 36.4 Å². The average molecular weight is 379 g/mol. The van der Waals surface area contributed by atoms with Crippen molar-refractivity contribution in [1.82, 2.24) is 5.32 Å². The van der Waals surface area contributed by atoms with Gasteiger partial charge in [-0.3, -0.25) is 9.59 Å². The highest BCUT2D eigenvalue weighted by Crippen LogP contribution is 2.22. The summed E-state index contributed by atoms with van der Waals surface area (Å²) in [6, 6.07) is 12.1. The molecule has 0 unspecified atom stereocenters. The van der Waals surface area contributed by atoms with E-state index in [1.807, 2.05) is 13.0 Å². The number of hydrogen-bond donors (Lipinski definition) is 2. The molecule has 0 saturated carbocycles. The Labute approximate surface area is 157 Å². The first-order valence-electron chi connectivity index (χ1n) is 8.11. The largest absolute Gasteiger partial charge is 0.352 e. The van der Waals surface area contributed by atoms with Crippen molar-refractivity contribution in [1.29, 1.82) is 0 Å². The topological polar surface area (TPSA) is 58.2 Å². The van der Waals surface area contributed by atoms with Gasteiger partial charge in [0.05, 0.1) is 0 Å². The van der Waals surface area contributed by atoms with Crippen LogP contribution in [-0.2, 0) is 11.2 Å². The number of amides is 2. The van der Waals surface area contributed by atoms with Crippen LogP contribution in [0.25, 0.3) is 0 Å². The van der Waals surface area contributed by atoms with Crippen LogP contribution in [0.3, 0.4) is 0 Å². The molecule has 0 aromatic heterocycles. The normalized spacial score (nSPS) is 10.4. The lowest BCUT2D eigenvalue weighted by Crippen LogP contribution is -2.23. The summed E-state index contributed by atoms with van der Waals surface area (Å²) < 4.78 is 0. The van der Waals surface area contributed by atoms with Gasteiger partial charge < -0.3 is 10.6 Å². The van der Waals surface area contributed by atoms with Crippen LogP contribution in [0.15, 0.2) is 42.5 Å². The van der Waals surface area contributed by atoms with Crippen molar-refractivity contribution in [2.24, 2.45) is 0 Å². The minimum atomic E-state index is -0.116. The maximum Gasteiger partial charge on any atom is 0.251 e. The first-order chi connectivity index (χ1) is 12.0. The molecule has 2 N–H and O–H groups in total. The molecule has 4 nitrogen and oxygen atoms in total. The van der Waals surface area contributed by atoms with E-state index in [0.29, 0.717) is 40.7 Å². The Balaban J connectivity index is 1.87. The summed E-state index contributed by atoms with van der Waals surface area (Å²) in [5.74, 6) is -0.230. The minimum absolute atomic E-state index is 0.114. The lowest BCUT2D eigenvalue weighted by atomic mass is 10.1. The third kappa shape index (κ3) is 6.07. The van der Waals surface area contributed by atoms with Crippen LogP contribution in [0.5, 0.6) is 0 Å². The van der Waals surface area contributed by atoms with Gasteiger partial charge in [0.25, 0.3) is 5.91 Å². The van der Waals surface area contributed by atoms with Crippen LogP contribution in [0, 0.1) is 0 Å². The molecule has 0 spiro atoms. The Morgan fingerprint density at radius 1 is 1.04 bits per heavy atom. The van der Waals surface area contributed by atoms with E-state index >= 15 is 0 Å². The number of nitrogens with one attached hydrogen (secondary N) is 2. The highest BCUT2D eigenvalue weighted by atomic mass is 35.5. The van der Waals surface area contributed by atoms with Gasteiger partial charge in [-0.25, -0.2) is 0 Å². The van der Waals surface area contributed by atoms with Gasteiger partial charge in [0, 0.05) is 34.3 Å². The van der Waals surface area contributed by atoms with Crippen molar-refractivity contribution in [2.75, 3.05) is 11.9 Å². The number of anilines is 1. The first kappa shape index (κ1) is 19.3. The lowest BCUT2D eigenvalue weighted by Gasteiger charge is -2.08. The van der Waals surface area contributed by atoms with E-state index in [1.165, 1.54) is 0 Å². The molecule has 0 aliphatic carbocycles. The Kier molecular flexibility index (Phi) is 7.29. The van der Waals surface area contributed by atoms with Gasteiger partial charge in [0.2, 0.25) is 5.91 Å². The number of carbonyl (C=O) groups excluding carboxylic acids is 2. The highest BCUT2D eigenvalue weighted by molar-refractivity contribution is 6.35. The second-order valence-corrected chi connectivity index (χ2v) is 6.46. The van der Waals surface area contributed by atoms with Crippen molar-refractivity contribution in [3.63, 3.8) is 0 Å². The fraction of sp³-hybridized carbons (Fsp3) is 0.263. The Morgan fingerprint density at radius 2 is 1.76 bits per heavy atom. The monoisotopic (exact) mass is 378 g/mol. The molecule has 0 radical (unpaired) electrons. The third-order valence-corrected chi connectivity index (χ3v) is 4.19. The Hall–Kier alpha value is -2.04. The molecular formula is C19H20Cl2N2O2. The number of rotatable bonds is 7.